The molecule has 5 heteroatoms. The zero-order valence-electron chi connectivity index (χ0n) is 10.1. The number of anilines is 1. The monoisotopic (exact) mass is 254 g/mol. The number of rotatable bonds is 5. The van der Waals surface area contributed by atoms with E-state index in [1.54, 1.807) is 18.8 Å². The summed E-state index contributed by atoms with van der Waals surface area (Å²) in [5, 5.41) is 11.5. The van der Waals surface area contributed by atoms with Crippen LogP contribution in [0.3, 0.4) is 0 Å². The van der Waals surface area contributed by atoms with E-state index in [0.717, 1.165) is 11.4 Å². The standard InChI is InChI=1S/C12H18N2O2S/c1-14(7-8-15)12(16)13-11-5-3-10(4-6-11)9-17-2/h3-6,15H,7-9H2,1-2H3,(H,13,16). The molecule has 2 amide bonds. The second kappa shape index (κ2) is 7.19. The quantitative estimate of drug-likeness (QED) is 0.845. The summed E-state index contributed by atoms with van der Waals surface area (Å²) in [7, 11) is 1.65. The third-order valence-electron chi connectivity index (χ3n) is 2.30. The molecule has 1 rings (SSSR count). The van der Waals surface area contributed by atoms with Gasteiger partial charge in [0.1, 0.15) is 0 Å². The van der Waals surface area contributed by atoms with Crippen molar-refractivity contribution in [3.05, 3.63) is 29.8 Å². The Kier molecular flexibility index (Phi) is 5.86. The van der Waals surface area contributed by atoms with E-state index in [1.807, 2.05) is 24.3 Å². The van der Waals surface area contributed by atoms with Crippen LogP contribution in [0.2, 0.25) is 0 Å². The number of carbonyl (C=O) groups excluding carboxylic acids is 1. The minimum Gasteiger partial charge on any atom is -0.395 e. The number of urea groups is 1. The first-order valence-electron chi connectivity index (χ1n) is 5.38. The van der Waals surface area contributed by atoms with E-state index in [-0.39, 0.29) is 12.6 Å². The molecule has 0 heterocycles. The maximum atomic E-state index is 11.6. The molecule has 0 saturated carbocycles. The fourth-order valence-corrected chi connectivity index (χ4v) is 1.85. The van der Waals surface area contributed by atoms with Crippen molar-refractivity contribution in [1.29, 1.82) is 0 Å². The second-order valence-electron chi connectivity index (χ2n) is 3.71. The van der Waals surface area contributed by atoms with E-state index in [9.17, 15) is 4.79 Å². The molecule has 94 valence electrons. The molecule has 0 aliphatic heterocycles. The average molecular weight is 254 g/mol. The van der Waals surface area contributed by atoms with E-state index in [1.165, 1.54) is 10.5 Å². The fourth-order valence-electron chi connectivity index (χ4n) is 1.32. The molecule has 1 aromatic rings. The first-order valence-corrected chi connectivity index (χ1v) is 6.77. The number of nitrogens with zero attached hydrogens (tertiary/aromatic N) is 1. The number of hydrogen-bond acceptors (Lipinski definition) is 3. The third-order valence-corrected chi connectivity index (χ3v) is 2.92. The number of hydrogen-bond donors (Lipinski definition) is 2. The average Bonchev–Trinajstić information content (AvgIpc) is 2.32. The minimum absolute atomic E-state index is 0.0312. The van der Waals surface area contributed by atoms with Gasteiger partial charge in [-0.1, -0.05) is 12.1 Å². The Balaban J connectivity index is 2.53. The van der Waals surface area contributed by atoms with Crippen LogP contribution in [0.5, 0.6) is 0 Å². The van der Waals surface area contributed by atoms with Crippen molar-refractivity contribution in [2.75, 3.05) is 31.8 Å². The normalized spacial score (nSPS) is 10.1. The van der Waals surface area contributed by atoms with Gasteiger partial charge in [0.15, 0.2) is 0 Å². The van der Waals surface area contributed by atoms with Crippen molar-refractivity contribution < 1.29 is 9.90 Å². The zero-order valence-corrected chi connectivity index (χ0v) is 11.0. The van der Waals surface area contributed by atoms with E-state index >= 15 is 0 Å². The molecule has 0 aliphatic rings. The molecule has 4 nitrogen and oxygen atoms in total. The molecule has 0 radical (unpaired) electrons. The van der Waals surface area contributed by atoms with Crippen LogP contribution in [0.1, 0.15) is 5.56 Å². The Morgan fingerprint density at radius 1 is 1.41 bits per heavy atom. The van der Waals surface area contributed by atoms with E-state index in [2.05, 4.69) is 11.6 Å². The summed E-state index contributed by atoms with van der Waals surface area (Å²) in [5.74, 6) is 0.971. The highest BCUT2D eigenvalue weighted by molar-refractivity contribution is 7.97. The molecular formula is C12H18N2O2S. The second-order valence-corrected chi connectivity index (χ2v) is 4.57. The molecule has 0 aliphatic carbocycles. The number of amides is 2. The van der Waals surface area contributed by atoms with Crippen molar-refractivity contribution in [3.63, 3.8) is 0 Å². The largest absolute Gasteiger partial charge is 0.395 e. The molecule has 0 atom stereocenters. The molecule has 1 aromatic carbocycles. The fraction of sp³-hybridized carbons (Fsp3) is 0.417. The molecule has 0 spiro atoms. The van der Waals surface area contributed by atoms with Crippen LogP contribution >= 0.6 is 11.8 Å². The van der Waals surface area contributed by atoms with Gasteiger partial charge in [0.05, 0.1) is 6.61 Å². The van der Waals surface area contributed by atoms with Gasteiger partial charge in [-0.3, -0.25) is 0 Å². The number of nitrogens with one attached hydrogen (secondary N) is 1. The van der Waals surface area contributed by atoms with Crippen LogP contribution in [-0.4, -0.2) is 42.5 Å². The molecule has 2 N–H and O–H groups in total. The van der Waals surface area contributed by atoms with Crippen LogP contribution in [0.15, 0.2) is 24.3 Å². The molecule has 17 heavy (non-hydrogen) atoms. The zero-order chi connectivity index (χ0) is 12.7. The van der Waals surface area contributed by atoms with Gasteiger partial charge in [-0.15, -0.1) is 0 Å². The van der Waals surface area contributed by atoms with Gasteiger partial charge in [0.25, 0.3) is 0 Å². The Bertz CT molecular complexity index is 354. The Hall–Kier alpha value is -1.20. The molecule has 0 fully saturated rings. The number of aliphatic hydroxyl groups excluding tert-OH is 1. The van der Waals surface area contributed by atoms with Gasteiger partial charge in [0.2, 0.25) is 0 Å². The first kappa shape index (κ1) is 13.9. The maximum Gasteiger partial charge on any atom is 0.321 e. The van der Waals surface area contributed by atoms with Gasteiger partial charge in [-0.25, -0.2) is 4.79 Å². The minimum atomic E-state index is -0.211. The number of carbonyl (C=O) groups is 1. The molecule has 0 unspecified atom stereocenters. The highest BCUT2D eigenvalue weighted by Crippen LogP contribution is 2.13. The molecule has 0 bridgehead atoms. The number of likely N-dealkylation sites (N-methyl/N-ethyl adjacent to an activating group) is 1. The number of benzene rings is 1. The maximum absolute atomic E-state index is 11.6. The van der Waals surface area contributed by atoms with Crippen LogP contribution < -0.4 is 5.32 Å². The summed E-state index contributed by atoms with van der Waals surface area (Å²) < 4.78 is 0. The summed E-state index contributed by atoms with van der Waals surface area (Å²) in [6.45, 7) is 0.299. The van der Waals surface area contributed by atoms with Crippen LogP contribution in [-0.2, 0) is 5.75 Å². The first-order chi connectivity index (χ1) is 8.17. The van der Waals surface area contributed by atoms with E-state index < -0.39 is 0 Å². The van der Waals surface area contributed by atoms with Gasteiger partial charge >= 0.3 is 6.03 Å². The van der Waals surface area contributed by atoms with E-state index in [4.69, 9.17) is 5.11 Å². The molecule has 0 aromatic heterocycles. The van der Waals surface area contributed by atoms with Gasteiger partial charge in [-0.2, -0.15) is 11.8 Å². The lowest BCUT2D eigenvalue weighted by atomic mass is 10.2. The highest BCUT2D eigenvalue weighted by atomic mass is 32.2. The predicted octanol–water partition coefficient (Wildman–Crippen LogP) is 2.01. The molecular weight excluding hydrogens is 236 g/mol. The van der Waals surface area contributed by atoms with Crippen molar-refractivity contribution in [1.82, 2.24) is 4.90 Å². The van der Waals surface area contributed by atoms with Crippen LogP contribution in [0.4, 0.5) is 10.5 Å². The molecule has 0 saturated heterocycles. The Morgan fingerprint density at radius 2 is 2.06 bits per heavy atom. The Morgan fingerprint density at radius 3 is 2.59 bits per heavy atom. The smallest absolute Gasteiger partial charge is 0.321 e. The van der Waals surface area contributed by atoms with Crippen molar-refractivity contribution in [3.8, 4) is 0 Å². The summed E-state index contributed by atoms with van der Waals surface area (Å²) >= 11 is 1.76. The van der Waals surface area contributed by atoms with Crippen LogP contribution in [0, 0.1) is 0 Å². The van der Waals surface area contributed by atoms with Crippen molar-refractivity contribution >= 4 is 23.5 Å². The highest BCUT2D eigenvalue weighted by Gasteiger charge is 2.07. The van der Waals surface area contributed by atoms with Crippen LogP contribution in [0.25, 0.3) is 0 Å². The third kappa shape index (κ3) is 4.66. The summed E-state index contributed by atoms with van der Waals surface area (Å²) in [4.78, 5) is 13.1. The number of thioether (sulfide) groups is 1. The van der Waals surface area contributed by atoms with Gasteiger partial charge in [0, 0.05) is 25.0 Å². The summed E-state index contributed by atoms with van der Waals surface area (Å²) in [6, 6.07) is 7.56. The lowest BCUT2D eigenvalue weighted by Crippen LogP contribution is -2.33. The predicted molar refractivity (Wildman–Crippen MR) is 72.4 cm³/mol. The van der Waals surface area contributed by atoms with Crippen molar-refractivity contribution in [2.24, 2.45) is 0 Å². The summed E-state index contributed by atoms with van der Waals surface area (Å²) in [5.41, 5.74) is 2.00. The summed E-state index contributed by atoms with van der Waals surface area (Å²) in [6.07, 6.45) is 2.06. The topological polar surface area (TPSA) is 52.6 Å². The van der Waals surface area contributed by atoms with E-state index in [0.29, 0.717) is 6.54 Å². The van der Waals surface area contributed by atoms with Crippen molar-refractivity contribution in [2.45, 2.75) is 5.75 Å². The van der Waals surface area contributed by atoms with Gasteiger partial charge < -0.3 is 15.3 Å². The Labute approximate surface area is 106 Å². The SMILES string of the molecule is CSCc1ccc(NC(=O)N(C)CCO)cc1. The lowest BCUT2D eigenvalue weighted by Gasteiger charge is -2.16. The lowest BCUT2D eigenvalue weighted by molar-refractivity contribution is 0.202. The van der Waals surface area contributed by atoms with Gasteiger partial charge in [-0.05, 0) is 24.0 Å². The number of aliphatic hydroxyl groups is 1.